The molecule has 24 heterocycles. The van der Waals surface area contributed by atoms with E-state index in [0.29, 0.717) is 0 Å². The summed E-state index contributed by atoms with van der Waals surface area (Å²) in [5.41, 5.74) is 36.8. The van der Waals surface area contributed by atoms with Crippen molar-refractivity contribution in [2.45, 2.75) is 96.9 Å². The summed E-state index contributed by atoms with van der Waals surface area (Å²) in [5, 5.41) is 1.32. The Balaban J connectivity index is 0.0000000929. The van der Waals surface area contributed by atoms with Gasteiger partial charge in [0.1, 0.15) is 22.6 Å². The molecule has 560 valence electrons. The number of aryl methyl sites for hydroxylation is 16. The number of hydrogen-bond acceptors (Lipinski definition) is 2. The Labute approximate surface area is 648 Å². The number of pyridine rings is 8. The predicted molar refractivity (Wildman–Crippen MR) is 460 cm³/mol. The van der Waals surface area contributed by atoms with E-state index in [1.165, 1.54) is 156 Å². The van der Waals surface area contributed by atoms with Gasteiger partial charge < -0.3 is 53.1 Å². The van der Waals surface area contributed by atoms with Crippen LogP contribution in [0.1, 0.15) is 78.9 Å². The quantitative estimate of drug-likeness (QED) is 0.151. The molecule has 0 radical (unpaired) electrons. The van der Waals surface area contributed by atoms with Crippen LogP contribution in [0.3, 0.4) is 0 Å². The zero-order valence-corrected chi connectivity index (χ0v) is 66.6. The Morgan fingerprint density at radius 3 is 1.09 bits per heavy atom. The zero-order chi connectivity index (χ0) is 77.7. The molecule has 18 heteroatoms. The van der Waals surface area contributed by atoms with Crippen molar-refractivity contribution >= 4 is 100 Å². The van der Waals surface area contributed by atoms with Gasteiger partial charge >= 0.3 is 0 Å². The Morgan fingerprint density at radius 1 is 0.250 bits per heavy atom. The molecule has 0 aromatic carbocycles. The Morgan fingerprint density at radius 2 is 0.625 bits per heavy atom. The fourth-order valence-corrected chi connectivity index (χ4v) is 15.8. The largest absolute Gasteiger partial charge is 0.347 e. The molecule has 0 amide bonds. The van der Waals surface area contributed by atoms with Crippen molar-refractivity contribution in [3.63, 3.8) is 0 Å². The van der Waals surface area contributed by atoms with E-state index >= 15 is 0 Å². The highest BCUT2D eigenvalue weighted by atomic mass is 15.2. The van der Waals surface area contributed by atoms with Gasteiger partial charge in [-0.15, -0.1) is 0 Å². The molecular formula is C94H94N18. The molecular weight excluding hydrogens is 1380 g/mol. The van der Waals surface area contributed by atoms with E-state index in [-0.39, 0.29) is 0 Å². The van der Waals surface area contributed by atoms with Crippen molar-refractivity contribution in [1.29, 1.82) is 0 Å². The third-order valence-electron chi connectivity index (χ3n) is 23.0. The highest BCUT2D eigenvalue weighted by molar-refractivity contribution is 5.96. The van der Waals surface area contributed by atoms with Crippen LogP contribution in [0, 0.1) is 96.9 Å². The summed E-state index contributed by atoms with van der Waals surface area (Å²) in [6.45, 7) is 29.8. The van der Waals surface area contributed by atoms with Crippen molar-refractivity contribution in [2.24, 2.45) is 14.1 Å². The highest BCUT2D eigenvalue weighted by Gasteiger charge is 2.15. The lowest BCUT2D eigenvalue weighted by Crippen LogP contribution is -1.90. The van der Waals surface area contributed by atoms with Crippen LogP contribution in [0.15, 0.2) is 281 Å². The predicted octanol–water partition coefficient (Wildman–Crippen LogP) is 21.1. The molecule has 112 heavy (non-hydrogen) atoms. The Bertz CT molecular complexity index is 6670. The second kappa shape index (κ2) is 28.4. The second-order valence-corrected chi connectivity index (χ2v) is 29.8. The van der Waals surface area contributed by atoms with E-state index in [1.807, 2.05) is 50.5 Å². The maximum absolute atomic E-state index is 4.53. The molecule has 0 aliphatic rings. The molecule has 0 unspecified atom stereocenters. The molecule has 0 atom stereocenters. The van der Waals surface area contributed by atoms with Gasteiger partial charge in [-0.2, -0.15) is 0 Å². The van der Waals surface area contributed by atoms with E-state index in [4.69, 9.17) is 0 Å². The summed E-state index contributed by atoms with van der Waals surface area (Å²) in [6.07, 6.45) is 36.1. The van der Waals surface area contributed by atoms with Gasteiger partial charge in [-0.05, 0) is 258 Å². The van der Waals surface area contributed by atoms with Crippen LogP contribution in [0.5, 0.6) is 0 Å². The first-order valence-corrected chi connectivity index (χ1v) is 38.2. The molecule has 0 aliphatic carbocycles. The molecule has 0 saturated carbocycles. The minimum atomic E-state index is 0.996. The van der Waals surface area contributed by atoms with Crippen LogP contribution in [0.4, 0.5) is 0 Å². The van der Waals surface area contributed by atoms with E-state index in [1.54, 1.807) is 0 Å². The van der Waals surface area contributed by atoms with Gasteiger partial charge in [0.05, 0.1) is 66.6 Å². The minimum absolute atomic E-state index is 0.996. The van der Waals surface area contributed by atoms with Gasteiger partial charge in [0.25, 0.3) is 0 Å². The van der Waals surface area contributed by atoms with Crippen molar-refractivity contribution in [1.82, 2.24) is 80.7 Å². The van der Waals surface area contributed by atoms with Crippen molar-refractivity contribution in [2.75, 3.05) is 0 Å². The third-order valence-corrected chi connectivity index (χ3v) is 23.0. The van der Waals surface area contributed by atoms with Crippen molar-refractivity contribution in [3.05, 3.63) is 360 Å². The highest BCUT2D eigenvalue weighted by Crippen LogP contribution is 2.28. The smallest absolute Gasteiger partial charge is 0.219 e. The topological polar surface area (TPSA) is 97.4 Å². The van der Waals surface area contributed by atoms with Gasteiger partial charge in [0, 0.05) is 165 Å². The van der Waals surface area contributed by atoms with E-state index < -0.39 is 0 Å². The van der Waals surface area contributed by atoms with Crippen LogP contribution in [-0.2, 0) is 14.1 Å². The molecule has 0 saturated heterocycles. The fourth-order valence-electron chi connectivity index (χ4n) is 15.8. The molecule has 0 fully saturated rings. The number of hydrogen-bond donors (Lipinski definition) is 0. The van der Waals surface area contributed by atoms with Crippen molar-refractivity contribution < 1.29 is 0 Å². The average Bonchev–Trinajstić information content (AvgIpc) is 1.67. The van der Waals surface area contributed by atoms with Gasteiger partial charge in [-0.25, -0.2) is 9.97 Å². The Hall–Kier alpha value is -13.7. The van der Waals surface area contributed by atoms with Gasteiger partial charge in [0.15, 0.2) is 0 Å². The Kier molecular flexibility index (Phi) is 18.0. The average molecular weight is 1480 g/mol. The molecule has 24 rings (SSSR count). The SMILES string of the molecule is Cc1cc2c(cc3ccccn32)n1C.Cc1cc2cn3ccccc3c2n1C.Cc1cc2n(cc3ccccn32)c1C.Cc1cc2n(cc3ccccn32)c1C.Cc1cn2cc3ccccn3c2c1C.Cc1cn2cc3ccccn3c2c1C.Cc1nc2n(cc3ccccn32)c1C.Cc1nc2n(cc3ccccn32)c1C. The summed E-state index contributed by atoms with van der Waals surface area (Å²) in [6, 6.07) is 61.0. The first-order chi connectivity index (χ1) is 54.2. The molecule has 24 aromatic heterocycles. The van der Waals surface area contributed by atoms with E-state index in [9.17, 15) is 0 Å². The normalized spacial score (nSPS) is 11.6. The van der Waals surface area contributed by atoms with Gasteiger partial charge in [0.2, 0.25) is 11.6 Å². The van der Waals surface area contributed by atoms with E-state index in [2.05, 4.69) is 423 Å². The molecule has 0 spiro atoms. The molecule has 0 N–H and O–H groups in total. The molecule has 18 nitrogen and oxygen atoms in total. The molecule has 24 aromatic rings. The number of fused-ring (bicyclic) bond motifs is 24. The van der Waals surface area contributed by atoms with Gasteiger partial charge in [-0.3, -0.25) is 17.6 Å². The minimum Gasteiger partial charge on any atom is -0.347 e. The summed E-state index contributed by atoms with van der Waals surface area (Å²) in [7, 11) is 4.22. The van der Waals surface area contributed by atoms with Gasteiger partial charge in [-0.1, -0.05) is 48.5 Å². The van der Waals surface area contributed by atoms with Crippen LogP contribution < -0.4 is 0 Å². The maximum Gasteiger partial charge on any atom is 0.219 e. The van der Waals surface area contributed by atoms with E-state index in [0.717, 1.165) is 22.9 Å². The lowest BCUT2D eigenvalue weighted by molar-refractivity contribution is 0.919. The summed E-state index contributed by atoms with van der Waals surface area (Å²) in [4.78, 5) is 9.05. The van der Waals surface area contributed by atoms with Crippen LogP contribution >= 0.6 is 0 Å². The lowest BCUT2D eigenvalue weighted by Gasteiger charge is -1.98. The van der Waals surface area contributed by atoms with Crippen LogP contribution in [-0.4, -0.2) is 80.7 Å². The summed E-state index contributed by atoms with van der Waals surface area (Å²) < 4.78 is 35.1. The number of nitrogens with zero attached hydrogens (tertiary/aromatic N) is 18. The third kappa shape index (κ3) is 12.3. The standard InChI is InChI=1S/6C12H12N2.2C11H11N3/c1-9-7-10-8-14-6-4-3-5-11(14)12(10)13(9)2;1-9-7-12-11(13(9)2)8-10-5-3-4-6-14(10)12;2*1-9-7-13-8-11-5-3-4-6-14(11)12(13)10(9)2;2*1-9-7-12-13-6-4-3-5-11(13)8-14(12)10(9)2;2*1-8-9(2)14-7-10-5-3-4-6-13(10)11(14)12-8/h6*3-8H,1-2H3;2*3-7H,1-2H3. The van der Waals surface area contributed by atoms with Crippen molar-refractivity contribution in [3.8, 4) is 0 Å². The number of rotatable bonds is 0. The number of aromatic nitrogens is 18. The lowest BCUT2D eigenvalue weighted by atomic mass is 10.2. The first-order valence-electron chi connectivity index (χ1n) is 38.2. The first kappa shape index (κ1) is 71.2. The summed E-state index contributed by atoms with van der Waals surface area (Å²) >= 11 is 0. The monoisotopic (exact) mass is 1470 g/mol. The molecule has 0 aliphatic heterocycles. The number of imidazole rings is 8. The maximum atomic E-state index is 4.53. The second-order valence-electron chi connectivity index (χ2n) is 29.8. The molecule has 0 bridgehead atoms. The zero-order valence-electron chi connectivity index (χ0n) is 66.6. The summed E-state index contributed by atoms with van der Waals surface area (Å²) in [5.74, 6) is 1.99. The van der Waals surface area contributed by atoms with Crippen LogP contribution in [0.25, 0.3) is 100 Å². The fraction of sp³-hybridized carbons (Fsp3) is 0.170. The van der Waals surface area contributed by atoms with Crippen LogP contribution in [0.2, 0.25) is 0 Å².